The van der Waals surface area contributed by atoms with E-state index in [0.717, 1.165) is 17.8 Å². The van der Waals surface area contributed by atoms with Gasteiger partial charge in [-0.1, -0.05) is 26.8 Å². The highest BCUT2D eigenvalue weighted by atomic mass is 15.6. The van der Waals surface area contributed by atoms with Gasteiger partial charge in [0.1, 0.15) is 6.17 Å². The fourth-order valence-corrected chi connectivity index (χ4v) is 2.09. The number of nitrogens with one attached hydrogen (secondary N) is 2. The van der Waals surface area contributed by atoms with Gasteiger partial charge < -0.3 is 0 Å². The number of hydrogen-bond donors (Lipinski definition) is 2. The average molecular weight is 317 g/mol. The second-order valence-corrected chi connectivity index (χ2v) is 4.72. The summed E-state index contributed by atoms with van der Waals surface area (Å²) in [5.74, 6) is 0.593. The Balaban J connectivity index is 0.00000170. The zero-order valence-electron chi connectivity index (χ0n) is 14.5. The molecule has 0 bridgehead atoms. The minimum Gasteiger partial charge on any atom is -0.298 e. The van der Waals surface area contributed by atoms with Crippen molar-refractivity contribution in [3.63, 3.8) is 0 Å². The molecule has 23 heavy (non-hydrogen) atoms. The van der Waals surface area contributed by atoms with E-state index in [2.05, 4.69) is 32.1 Å². The topological polar surface area (TPSA) is 91.5 Å². The van der Waals surface area contributed by atoms with Crippen LogP contribution in [0.5, 0.6) is 0 Å². The fourth-order valence-electron chi connectivity index (χ4n) is 2.09. The fraction of sp³-hybridized carbons (Fsp3) is 0.500. The Bertz CT molecular complexity index is 637. The molecule has 0 saturated carbocycles. The number of aromatic nitrogens is 4. The van der Waals surface area contributed by atoms with Crippen LogP contribution in [0.4, 0.5) is 0 Å². The third-order valence-electron chi connectivity index (χ3n) is 3.08. The van der Waals surface area contributed by atoms with Gasteiger partial charge in [0, 0.05) is 13.4 Å². The molecule has 7 nitrogen and oxygen atoms in total. The Hall–Kier alpha value is -2.30. The number of nitriles is 1. The standard InChI is InChI=1S/C14H19N7.C2H6.H2/c1-4-17-13(16-3)14-18-20-21(19-14)12-6-5-11(9-15)7-10(2)8-12;1-2;/h5,7-8,13,16-17H,4,6H2,1-3H3;1-2H3;1H. The van der Waals surface area contributed by atoms with Crippen molar-refractivity contribution in [1.82, 2.24) is 30.8 Å². The van der Waals surface area contributed by atoms with Crippen molar-refractivity contribution in [2.24, 2.45) is 0 Å². The van der Waals surface area contributed by atoms with E-state index < -0.39 is 0 Å². The molecule has 1 unspecified atom stereocenters. The summed E-state index contributed by atoms with van der Waals surface area (Å²) in [6, 6.07) is 2.16. The second-order valence-electron chi connectivity index (χ2n) is 4.72. The van der Waals surface area contributed by atoms with Crippen molar-refractivity contribution in [3.8, 4) is 6.07 Å². The molecule has 1 aromatic heterocycles. The predicted octanol–water partition coefficient (Wildman–Crippen LogP) is 2.41. The lowest BCUT2D eigenvalue weighted by molar-refractivity contribution is 0.463. The largest absolute Gasteiger partial charge is 0.298 e. The van der Waals surface area contributed by atoms with Gasteiger partial charge in [-0.2, -0.15) is 5.26 Å². The maximum Gasteiger partial charge on any atom is 0.206 e. The Morgan fingerprint density at radius 2 is 2.17 bits per heavy atom. The van der Waals surface area contributed by atoms with Gasteiger partial charge in [0.25, 0.3) is 0 Å². The Morgan fingerprint density at radius 1 is 1.43 bits per heavy atom. The summed E-state index contributed by atoms with van der Waals surface area (Å²) in [5, 5.41) is 27.9. The quantitative estimate of drug-likeness (QED) is 0.810. The molecule has 1 heterocycles. The zero-order chi connectivity index (χ0) is 17.2. The summed E-state index contributed by atoms with van der Waals surface area (Å²) in [4.78, 5) is 1.52. The minimum absolute atomic E-state index is 0. The smallest absolute Gasteiger partial charge is 0.206 e. The van der Waals surface area contributed by atoms with Crippen molar-refractivity contribution in [1.29, 1.82) is 5.26 Å². The number of hydrogen-bond acceptors (Lipinski definition) is 6. The van der Waals surface area contributed by atoms with Gasteiger partial charge in [0.05, 0.1) is 11.8 Å². The van der Waals surface area contributed by atoms with E-state index in [1.807, 2.05) is 53.0 Å². The molecule has 0 spiro atoms. The Labute approximate surface area is 139 Å². The number of nitrogens with zero attached hydrogens (tertiary/aromatic N) is 5. The van der Waals surface area contributed by atoms with Crippen molar-refractivity contribution < 1.29 is 1.43 Å². The maximum absolute atomic E-state index is 9.01. The van der Waals surface area contributed by atoms with Gasteiger partial charge in [-0.05, 0) is 43.5 Å². The summed E-state index contributed by atoms with van der Waals surface area (Å²) in [5.41, 5.74) is 2.53. The molecule has 1 aromatic rings. The molecule has 0 radical (unpaired) electrons. The summed E-state index contributed by atoms with van der Waals surface area (Å²) in [6.07, 6.45) is 6.15. The van der Waals surface area contributed by atoms with E-state index in [0.29, 0.717) is 17.8 Å². The van der Waals surface area contributed by atoms with E-state index in [-0.39, 0.29) is 7.59 Å². The molecule has 0 aromatic carbocycles. The molecule has 2 rings (SSSR count). The lowest BCUT2D eigenvalue weighted by Crippen LogP contribution is -2.32. The summed E-state index contributed by atoms with van der Waals surface area (Å²) in [6.45, 7) is 8.77. The van der Waals surface area contributed by atoms with Crippen molar-refractivity contribution in [2.75, 3.05) is 13.6 Å². The van der Waals surface area contributed by atoms with Crippen LogP contribution >= 0.6 is 0 Å². The van der Waals surface area contributed by atoms with E-state index in [9.17, 15) is 0 Å². The van der Waals surface area contributed by atoms with Gasteiger partial charge in [-0.15, -0.1) is 15.0 Å². The summed E-state index contributed by atoms with van der Waals surface area (Å²) in [7, 11) is 1.84. The molecule has 0 amide bonds. The van der Waals surface area contributed by atoms with Gasteiger partial charge >= 0.3 is 0 Å². The molecule has 1 aliphatic rings. The van der Waals surface area contributed by atoms with E-state index in [1.54, 1.807) is 0 Å². The van der Waals surface area contributed by atoms with Crippen LogP contribution in [-0.4, -0.2) is 33.8 Å². The SMILES string of the molecule is CC.CCNC(NC)c1nnn(C2=CC(C)=CC(C#N)=CC2)n1.[HH]. The summed E-state index contributed by atoms with van der Waals surface area (Å²) < 4.78 is 0. The molecule has 126 valence electrons. The Kier molecular flexibility index (Phi) is 7.88. The zero-order valence-corrected chi connectivity index (χ0v) is 14.5. The van der Waals surface area contributed by atoms with E-state index in [4.69, 9.17) is 5.26 Å². The lowest BCUT2D eigenvalue weighted by Gasteiger charge is -2.11. The molecule has 0 fully saturated rings. The molecule has 0 saturated heterocycles. The van der Waals surface area contributed by atoms with Crippen LogP contribution in [0.2, 0.25) is 0 Å². The molecule has 7 heteroatoms. The van der Waals surface area contributed by atoms with Crippen molar-refractivity contribution >= 4 is 5.70 Å². The maximum atomic E-state index is 9.01. The normalized spacial score (nSPS) is 15.2. The number of tetrazole rings is 1. The molecule has 2 N–H and O–H groups in total. The first-order valence-electron chi connectivity index (χ1n) is 7.88. The van der Waals surface area contributed by atoms with Gasteiger partial charge in [-0.3, -0.25) is 10.6 Å². The van der Waals surface area contributed by atoms with Crippen LogP contribution in [0.3, 0.4) is 0 Å². The van der Waals surface area contributed by atoms with E-state index in [1.165, 1.54) is 4.80 Å². The van der Waals surface area contributed by atoms with Crippen LogP contribution in [0.25, 0.3) is 5.70 Å². The Morgan fingerprint density at radius 3 is 2.78 bits per heavy atom. The van der Waals surface area contributed by atoms with Crippen LogP contribution < -0.4 is 10.6 Å². The minimum atomic E-state index is -0.128. The first kappa shape index (κ1) is 18.7. The first-order valence-corrected chi connectivity index (χ1v) is 7.88. The molecular weight excluding hydrogens is 290 g/mol. The number of allylic oxidation sites excluding steroid dienone is 6. The monoisotopic (exact) mass is 317 g/mol. The van der Waals surface area contributed by atoms with Crippen LogP contribution in [0, 0.1) is 11.3 Å². The average Bonchev–Trinajstić information content (AvgIpc) is 2.98. The van der Waals surface area contributed by atoms with Gasteiger partial charge in [-0.25, -0.2) is 0 Å². The summed E-state index contributed by atoms with van der Waals surface area (Å²) >= 11 is 0. The second kappa shape index (κ2) is 9.66. The highest BCUT2D eigenvalue weighted by Crippen LogP contribution is 2.18. The van der Waals surface area contributed by atoms with Crippen LogP contribution in [-0.2, 0) is 0 Å². The molecule has 1 atom stereocenters. The first-order chi connectivity index (χ1) is 11.2. The van der Waals surface area contributed by atoms with Crippen molar-refractivity contribution in [3.05, 3.63) is 35.2 Å². The van der Waals surface area contributed by atoms with Crippen LogP contribution in [0.15, 0.2) is 29.4 Å². The molecular formula is C16H27N7. The highest BCUT2D eigenvalue weighted by Gasteiger charge is 2.15. The number of rotatable bonds is 5. The molecule has 1 aliphatic carbocycles. The third kappa shape index (κ3) is 5.13. The van der Waals surface area contributed by atoms with Gasteiger partial charge in [0.2, 0.25) is 5.82 Å². The van der Waals surface area contributed by atoms with Crippen molar-refractivity contribution in [2.45, 2.75) is 40.3 Å². The van der Waals surface area contributed by atoms with Gasteiger partial charge in [0.15, 0.2) is 0 Å². The highest BCUT2D eigenvalue weighted by molar-refractivity contribution is 5.56. The predicted molar refractivity (Wildman–Crippen MR) is 93.1 cm³/mol. The van der Waals surface area contributed by atoms with E-state index >= 15 is 0 Å². The lowest BCUT2D eigenvalue weighted by atomic mass is 10.2. The van der Waals surface area contributed by atoms with Crippen LogP contribution in [0.1, 0.15) is 47.5 Å². The molecule has 0 aliphatic heterocycles. The third-order valence-corrected chi connectivity index (χ3v) is 3.08.